The first kappa shape index (κ1) is 20.8. The van der Waals surface area contributed by atoms with Crippen molar-refractivity contribution >= 4 is 6.03 Å². The molecule has 0 spiro atoms. The summed E-state index contributed by atoms with van der Waals surface area (Å²) in [4.78, 5) is 19.8. The molecule has 0 aliphatic carbocycles. The number of benzene rings is 2. The van der Waals surface area contributed by atoms with Crippen LogP contribution in [0.3, 0.4) is 0 Å². The number of piperazine rings is 2. The number of nitrogens with one attached hydrogen (secondary N) is 1. The highest BCUT2D eigenvalue weighted by molar-refractivity contribution is 5.74. The summed E-state index contributed by atoms with van der Waals surface area (Å²) >= 11 is 0. The van der Waals surface area contributed by atoms with E-state index >= 15 is 0 Å². The van der Waals surface area contributed by atoms with Crippen molar-refractivity contribution < 1.29 is 9.18 Å². The second kappa shape index (κ2) is 8.74. The van der Waals surface area contributed by atoms with E-state index in [2.05, 4.69) is 29.0 Å². The maximum Gasteiger partial charge on any atom is 0.317 e. The van der Waals surface area contributed by atoms with E-state index in [0.717, 1.165) is 50.4 Å². The molecule has 0 bridgehead atoms. The van der Waals surface area contributed by atoms with Crippen LogP contribution in [0.2, 0.25) is 0 Å². The van der Waals surface area contributed by atoms with Crippen LogP contribution in [-0.4, -0.2) is 65.0 Å². The predicted octanol–water partition coefficient (Wildman–Crippen LogP) is 3.32. The SMILES string of the molecule is CC1(C)CN(C(=O)NCc2ccccc2)C[C@@H]2CN(Cc3ccc(F)cc3)CCN21. The van der Waals surface area contributed by atoms with Crippen LogP contribution >= 0.6 is 0 Å². The third kappa shape index (κ3) is 4.82. The topological polar surface area (TPSA) is 38.8 Å². The molecule has 4 rings (SSSR count). The largest absolute Gasteiger partial charge is 0.334 e. The Morgan fingerprint density at radius 1 is 1.03 bits per heavy atom. The number of hydrogen-bond acceptors (Lipinski definition) is 3. The van der Waals surface area contributed by atoms with Crippen LogP contribution < -0.4 is 5.32 Å². The molecule has 0 unspecified atom stereocenters. The van der Waals surface area contributed by atoms with Gasteiger partial charge in [0.25, 0.3) is 0 Å². The summed E-state index contributed by atoms with van der Waals surface area (Å²) < 4.78 is 13.2. The summed E-state index contributed by atoms with van der Waals surface area (Å²) in [7, 11) is 0. The van der Waals surface area contributed by atoms with Crippen LogP contribution in [-0.2, 0) is 13.1 Å². The summed E-state index contributed by atoms with van der Waals surface area (Å²) in [6, 6.07) is 17.1. The second-order valence-corrected chi connectivity index (χ2v) is 9.05. The average Bonchev–Trinajstić information content (AvgIpc) is 2.73. The molecule has 0 radical (unpaired) electrons. The number of nitrogens with zero attached hydrogens (tertiary/aromatic N) is 3. The Balaban J connectivity index is 1.38. The van der Waals surface area contributed by atoms with Crippen molar-refractivity contribution in [3.05, 3.63) is 71.5 Å². The number of amides is 2. The monoisotopic (exact) mass is 410 g/mol. The summed E-state index contributed by atoms with van der Waals surface area (Å²) in [6.07, 6.45) is 0. The van der Waals surface area contributed by atoms with Gasteiger partial charge in [-0.25, -0.2) is 9.18 Å². The summed E-state index contributed by atoms with van der Waals surface area (Å²) in [5, 5.41) is 3.08. The number of hydrogen-bond donors (Lipinski definition) is 1. The van der Waals surface area contributed by atoms with Gasteiger partial charge in [0.2, 0.25) is 0 Å². The Bertz CT molecular complexity index is 855. The van der Waals surface area contributed by atoms with Crippen molar-refractivity contribution in [1.29, 1.82) is 0 Å². The summed E-state index contributed by atoms with van der Waals surface area (Å²) in [5.41, 5.74) is 2.17. The van der Waals surface area contributed by atoms with Crippen LogP contribution in [0.15, 0.2) is 54.6 Å². The molecule has 1 atom stereocenters. The smallest absolute Gasteiger partial charge is 0.317 e. The molecule has 1 N–H and O–H groups in total. The van der Waals surface area contributed by atoms with E-state index in [1.54, 1.807) is 0 Å². The van der Waals surface area contributed by atoms with Crippen LogP contribution in [0.5, 0.6) is 0 Å². The predicted molar refractivity (Wildman–Crippen MR) is 117 cm³/mol. The van der Waals surface area contributed by atoms with Crippen LogP contribution in [0.4, 0.5) is 9.18 Å². The molecule has 30 heavy (non-hydrogen) atoms. The Morgan fingerprint density at radius 2 is 1.77 bits per heavy atom. The van der Waals surface area contributed by atoms with E-state index in [0.29, 0.717) is 12.6 Å². The van der Waals surface area contributed by atoms with E-state index < -0.39 is 0 Å². The minimum atomic E-state index is -0.199. The fraction of sp³-hybridized carbons (Fsp3) is 0.458. The lowest BCUT2D eigenvalue weighted by molar-refractivity contribution is -0.0541. The zero-order valence-electron chi connectivity index (χ0n) is 17.9. The first-order valence-electron chi connectivity index (χ1n) is 10.7. The van der Waals surface area contributed by atoms with Crippen LogP contribution in [0.1, 0.15) is 25.0 Å². The normalized spacial score (nSPS) is 21.8. The fourth-order valence-electron chi connectivity index (χ4n) is 4.78. The molecule has 2 fully saturated rings. The number of carbonyl (C=O) groups excluding carboxylic acids is 1. The van der Waals surface area contributed by atoms with Crippen molar-refractivity contribution in [1.82, 2.24) is 20.0 Å². The standard InChI is InChI=1S/C24H31FN4O/c1-24(2)18-28(23(30)26-14-19-6-4-3-5-7-19)17-22-16-27(12-13-29(22)24)15-20-8-10-21(25)11-9-20/h3-11,22H,12-18H2,1-2H3,(H,26,30)/t22-/m0/s1. The van der Waals surface area contributed by atoms with Gasteiger partial charge >= 0.3 is 6.03 Å². The average molecular weight is 411 g/mol. The highest BCUT2D eigenvalue weighted by Crippen LogP contribution is 2.28. The van der Waals surface area contributed by atoms with E-state index in [9.17, 15) is 9.18 Å². The third-order valence-corrected chi connectivity index (χ3v) is 6.25. The minimum absolute atomic E-state index is 0.00207. The van der Waals surface area contributed by atoms with E-state index in [1.807, 2.05) is 47.4 Å². The minimum Gasteiger partial charge on any atom is -0.334 e. The van der Waals surface area contributed by atoms with E-state index in [1.165, 1.54) is 12.1 Å². The molecule has 2 heterocycles. The van der Waals surface area contributed by atoms with Gasteiger partial charge in [0.05, 0.1) is 0 Å². The summed E-state index contributed by atoms with van der Waals surface area (Å²) in [5.74, 6) is -0.199. The van der Waals surface area contributed by atoms with Crippen molar-refractivity contribution in [3.8, 4) is 0 Å². The zero-order chi connectivity index (χ0) is 21.1. The highest BCUT2D eigenvalue weighted by Gasteiger charge is 2.43. The molecule has 2 aliphatic heterocycles. The molecular formula is C24H31FN4O. The van der Waals surface area contributed by atoms with Gasteiger partial charge in [0.1, 0.15) is 5.82 Å². The van der Waals surface area contributed by atoms with Crippen molar-refractivity contribution in [2.24, 2.45) is 0 Å². The van der Waals surface area contributed by atoms with Gasteiger partial charge in [-0.05, 0) is 37.1 Å². The Kier molecular flexibility index (Phi) is 6.06. The molecule has 5 nitrogen and oxygen atoms in total. The zero-order valence-corrected chi connectivity index (χ0v) is 17.9. The Labute approximate surface area is 178 Å². The van der Waals surface area contributed by atoms with Crippen molar-refractivity contribution in [2.75, 3.05) is 32.7 Å². The second-order valence-electron chi connectivity index (χ2n) is 9.05. The third-order valence-electron chi connectivity index (χ3n) is 6.25. The molecular weight excluding hydrogens is 379 g/mol. The lowest BCUT2D eigenvalue weighted by Gasteiger charge is -2.55. The van der Waals surface area contributed by atoms with Gasteiger partial charge < -0.3 is 10.2 Å². The number of fused-ring (bicyclic) bond motifs is 1. The first-order chi connectivity index (χ1) is 14.4. The number of halogens is 1. The molecule has 2 amide bonds. The maximum atomic E-state index is 13.2. The van der Waals surface area contributed by atoms with Gasteiger partial charge in [-0.15, -0.1) is 0 Å². The quantitative estimate of drug-likeness (QED) is 0.841. The number of carbonyl (C=O) groups is 1. The van der Waals surface area contributed by atoms with Crippen LogP contribution in [0.25, 0.3) is 0 Å². The van der Waals surface area contributed by atoms with E-state index in [-0.39, 0.29) is 17.4 Å². The summed E-state index contributed by atoms with van der Waals surface area (Å²) in [6.45, 7) is 10.1. The molecule has 6 heteroatoms. The molecule has 2 aromatic rings. The lowest BCUT2D eigenvalue weighted by atomic mass is 9.93. The molecule has 0 saturated carbocycles. The van der Waals surface area contributed by atoms with Gasteiger partial charge in [-0.2, -0.15) is 0 Å². The molecule has 0 aromatic heterocycles. The molecule has 2 saturated heterocycles. The molecule has 2 aromatic carbocycles. The van der Waals surface area contributed by atoms with Gasteiger partial charge in [-0.3, -0.25) is 9.80 Å². The maximum absolute atomic E-state index is 13.2. The van der Waals surface area contributed by atoms with Gasteiger partial charge in [0, 0.05) is 57.4 Å². The highest BCUT2D eigenvalue weighted by atomic mass is 19.1. The lowest BCUT2D eigenvalue weighted by Crippen LogP contribution is -2.70. The van der Waals surface area contributed by atoms with Gasteiger partial charge in [-0.1, -0.05) is 42.5 Å². The van der Waals surface area contributed by atoms with Crippen molar-refractivity contribution in [3.63, 3.8) is 0 Å². The number of rotatable bonds is 4. The Hall–Kier alpha value is -2.44. The van der Waals surface area contributed by atoms with Crippen LogP contribution in [0, 0.1) is 5.82 Å². The van der Waals surface area contributed by atoms with Gasteiger partial charge in [0.15, 0.2) is 0 Å². The first-order valence-corrected chi connectivity index (χ1v) is 10.7. The molecule has 160 valence electrons. The fourth-order valence-corrected chi connectivity index (χ4v) is 4.78. The molecule has 2 aliphatic rings. The Morgan fingerprint density at radius 3 is 2.50 bits per heavy atom. The number of urea groups is 1. The van der Waals surface area contributed by atoms with E-state index in [4.69, 9.17) is 0 Å². The van der Waals surface area contributed by atoms with Crippen molar-refractivity contribution in [2.45, 2.75) is 38.5 Å².